The maximum Gasteiger partial charge on any atom is 0.228 e. The summed E-state index contributed by atoms with van der Waals surface area (Å²) in [4.78, 5) is 24.5. The molecule has 1 aromatic heterocycles. The van der Waals surface area contributed by atoms with E-state index in [0.29, 0.717) is 18.8 Å². The molecule has 5 heteroatoms. The molecule has 1 aromatic carbocycles. The molecule has 0 aliphatic carbocycles. The molecule has 120 valence electrons. The van der Waals surface area contributed by atoms with Crippen LogP contribution in [0.5, 0.6) is 5.75 Å². The summed E-state index contributed by atoms with van der Waals surface area (Å²) in [6.45, 7) is 2.35. The van der Waals surface area contributed by atoms with Crippen molar-refractivity contribution >= 4 is 11.7 Å². The Balaban J connectivity index is 1.62. The number of ether oxygens (including phenoxy) is 1. The second-order valence-electron chi connectivity index (χ2n) is 5.74. The molecule has 0 saturated carbocycles. The minimum absolute atomic E-state index is 0.0690. The molecular formula is C18H19NO4. The largest absolute Gasteiger partial charge is 0.493 e. The average molecular weight is 313 g/mol. The quantitative estimate of drug-likeness (QED) is 0.862. The van der Waals surface area contributed by atoms with Crippen LogP contribution in [-0.4, -0.2) is 24.3 Å². The summed E-state index contributed by atoms with van der Waals surface area (Å²) in [5.41, 5.74) is 0.904. The summed E-state index contributed by atoms with van der Waals surface area (Å²) >= 11 is 0. The van der Waals surface area contributed by atoms with Gasteiger partial charge >= 0.3 is 0 Å². The molecule has 1 N–H and O–H groups in total. The van der Waals surface area contributed by atoms with Gasteiger partial charge in [0.05, 0.1) is 18.8 Å². The van der Waals surface area contributed by atoms with Crippen molar-refractivity contribution in [3.05, 3.63) is 54.0 Å². The SMILES string of the molecule is C[C@@H](CC(=O)c1ccco1)NC(=O)[C@@H]1CCOc2ccccc21. The zero-order chi connectivity index (χ0) is 16.2. The number of benzene rings is 1. The molecule has 2 atom stereocenters. The summed E-state index contributed by atoms with van der Waals surface area (Å²) < 4.78 is 10.7. The number of Topliss-reactive ketones (excluding diaryl/α,β-unsaturated/α-hetero) is 1. The van der Waals surface area contributed by atoms with Gasteiger partial charge in [-0.15, -0.1) is 0 Å². The molecule has 0 spiro atoms. The maximum atomic E-state index is 12.5. The second-order valence-corrected chi connectivity index (χ2v) is 5.74. The normalized spacial score (nSPS) is 17.7. The predicted octanol–water partition coefficient (Wildman–Crippen LogP) is 2.92. The molecule has 0 bridgehead atoms. The Morgan fingerprint density at radius 1 is 1.26 bits per heavy atom. The topological polar surface area (TPSA) is 68.5 Å². The number of carbonyl (C=O) groups excluding carboxylic acids is 2. The van der Waals surface area contributed by atoms with Crippen LogP contribution in [0.3, 0.4) is 0 Å². The van der Waals surface area contributed by atoms with E-state index in [4.69, 9.17) is 9.15 Å². The van der Waals surface area contributed by atoms with Crippen LogP contribution in [0.4, 0.5) is 0 Å². The van der Waals surface area contributed by atoms with Crippen LogP contribution < -0.4 is 10.1 Å². The Hall–Kier alpha value is -2.56. The molecule has 2 aromatic rings. The number of para-hydroxylation sites is 1. The molecule has 3 rings (SSSR count). The third-order valence-corrected chi connectivity index (χ3v) is 3.95. The number of fused-ring (bicyclic) bond motifs is 1. The van der Waals surface area contributed by atoms with Crippen molar-refractivity contribution < 1.29 is 18.7 Å². The van der Waals surface area contributed by atoms with Crippen molar-refractivity contribution in [1.82, 2.24) is 5.32 Å². The first kappa shape index (κ1) is 15.3. The molecule has 2 heterocycles. The van der Waals surface area contributed by atoms with Gasteiger partial charge in [0, 0.05) is 18.0 Å². The number of rotatable bonds is 5. The van der Waals surface area contributed by atoms with Crippen molar-refractivity contribution in [1.29, 1.82) is 0 Å². The molecule has 5 nitrogen and oxygen atoms in total. The average Bonchev–Trinajstić information content (AvgIpc) is 3.08. The van der Waals surface area contributed by atoms with E-state index in [1.807, 2.05) is 31.2 Å². The Labute approximate surface area is 134 Å². The number of furan rings is 1. The fourth-order valence-corrected chi connectivity index (χ4v) is 2.82. The zero-order valence-corrected chi connectivity index (χ0v) is 13.0. The minimum atomic E-state index is -0.255. The van der Waals surface area contributed by atoms with Gasteiger partial charge < -0.3 is 14.5 Å². The van der Waals surface area contributed by atoms with E-state index >= 15 is 0 Å². The van der Waals surface area contributed by atoms with Gasteiger partial charge in [-0.3, -0.25) is 9.59 Å². The molecule has 1 amide bonds. The molecule has 1 aliphatic heterocycles. The molecule has 0 saturated heterocycles. The highest BCUT2D eigenvalue weighted by molar-refractivity contribution is 5.94. The van der Waals surface area contributed by atoms with Gasteiger partial charge in [0.25, 0.3) is 0 Å². The first-order valence-corrected chi connectivity index (χ1v) is 7.74. The van der Waals surface area contributed by atoms with Gasteiger partial charge in [0.1, 0.15) is 5.75 Å². The molecular weight excluding hydrogens is 294 g/mol. The number of hydrogen-bond donors (Lipinski definition) is 1. The highest BCUT2D eigenvalue weighted by Gasteiger charge is 2.28. The van der Waals surface area contributed by atoms with Crippen molar-refractivity contribution in [3.63, 3.8) is 0 Å². The summed E-state index contributed by atoms with van der Waals surface area (Å²) in [5.74, 6) is 0.664. The lowest BCUT2D eigenvalue weighted by atomic mass is 9.92. The van der Waals surface area contributed by atoms with E-state index < -0.39 is 0 Å². The van der Waals surface area contributed by atoms with Crippen molar-refractivity contribution in [2.75, 3.05) is 6.61 Å². The van der Waals surface area contributed by atoms with Gasteiger partial charge in [-0.1, -0.05) is 18.2 Å². The van der Waals surface area contributed by atoms with Crippen LogP contribution in [0.15, 0.2) is 47.1 Å². The van der Waals surface area contributed by atoms with Crippen LogP contribution in [-0.2, 0) is 4.79 Å². The van der Waals surface area contributed by atoms with E-state index in [1.54, 1.807) is 12.1 Å². The van der Waals surface area contributed by atoms with Crippen molar-refractivity contribution in [2.24, 2.45) is 0 Å². The highest BCUT2D eigenvalue weighted by atomic mass is 16.5. The fraction of sp³-hybridized carbons (Fsp3) is 0.333. The Bertz CT molecular complexity index is 693. The van der Waals surface area contributed by atoms with Gasteiger partial charge in [-0.05, 0) is 31.5 Å². The van der Waals surface area contributed by atoms with Gasteiger partial charge in [0.2, 0.25) is 5.91 Å². The summed E-state index contributed by atoms with van der Waals surface area (Å²) in [5, 5.41) is 2.93. The molecule has 23 heavy (non-hydrogen) atoms. The van der Waals surface area contributed by atoms with Gasteiger partial charge in [-0.25, -0.2) is 0 Å². The van der Waals surface area contributed by atoms with E-state index in [0.717, 1.165) is 11.3 Å². The van der Waals surface area contributed by atoms with E-state index in [9.17, 15) is 9.59 Å². The number of nitrogens with one attached hydrogen (secondary N) is 1. The fourth-order valence-electron chi connectivity index (χ4n) is 2.82. The Kier molecular flexibility index (Phi) is 4.46. The predicted molar refractivity (Wildman–Crippen MR) is 84.6 cm³/mol. The van der Waals surface area contributed by atoms with Crippen LogP contribution in [0.2, 0.25) is 0 Å². The molecule has 0 unspecified atom stereocenters. The zero-order valence-electron chi connectivity index (χ0n) is 13.0. The first-order chi connectivity index (χ1) is 11.1. The van der Waals surface area contributed by atoms with E-state index in [1.165, 1.54) is 6.26 Å². The van der Waals surface area contributed by atoms with E-state index in [-0.39, 0.29) is 30.1 Å². The molecule has 0 radical (unpaired) electrons. The molecule has 1 aliphatic rings. The monoisotopic (exact) mass is 313 g/mol. The number of ketones is 1. The minimum Gasteiger partial charge on any atom is -0.493 e. The van der Waals surface area contributed by atoms with Crippen LogP contribution in [0, 0.1) is 0 Å². The lowest BCUT2D eigenvalue weighted by molar-refractivity contribution is -0.123. The third kappa shape index (κ3) is 3.44. The van der Waals surface area contributed by atoms with Crippen LogP contribution >= 0.6 is 0 Å². The highest BCUT2D eigenvalue weighted by Crippen LogP contribution is 2.33. The van der Waals surface area contributed by atoms with Gasteiger partial charge in [0.15, 0.2) is 11.5 Å². The lowest BCUT2D eigenvalue weighted by Gasteiger charge is -2.26. The first-order valence-electron chi connectivity index (χ1n) is 7.74. The summed E-state index contributed by atoms with van der Waals surface area (Å²) in [7, 11) is 0. The Morgan fingerprint density at radius 2 is 2.09 bits per heavy atom. The summed E-state index contributed by atoms with van der Waals surface area (Å²) in [6, 6.07) is 10.6. The van der Waals surface area contributed by atoms with Crippen molar-refractivity contribution in [2.45, 2.75) is 31.7 Å². The summed E-state index contributed by atoms with van der Waals surface area (Å²) in [6.07, 6.45) is 2.32. The van der Waals surface area contributed by atoms with E-state index in [2.05, 4.69) is 5.32 Å². The van der Waals surface area contributed by atoms with Crippen molar-refractivity contribution in [3.8, 4) is 5.75 Å². The standard InChI is InChI=1S/C18H19NO4/c1-12(11-15(20)17-7-4-9-22-17)19-18(21)14-8-10-23-16-6-3-2-5-13(14)16/h2-7,9,12,14H,8,10-11H2,1H3,(H,19,21)/t12-,14+/m0/s1. The Morgan fingerprint density at radius 3 is 2.87 bits per heavy atom. The molecule has 0 fully saturated rings. The maximum absolute atomic E-state index is 12.5. The second kappa shape index (κ2) is 6.69. The van der Waals surface area contributed by atoms with Crippen LogP contribution in [0.1, 0.15) is 41.8 Å². The number of hydrogen-bond acceptors (Lipinski definition) is 4. The smallest absolute Gasteiger partial charge is 0.228 e. The van der Waals surface area contributed by atoms with Gasteiger partial charge in [-0.2, -0.15) is 0 Å². The third-order valence-electron chi connectivity index (χ3n) is 3.95. The lowest BCUT2D eigenvalue weighted by Crippen LogP contribution is -2.39. The number of amides is 1. The number of carbonyl (C=O) groups is 2. The van der Waals surface area contributed by atoms with Crippen LogP contribution in [0.25, 0.3) is 0 Å².